The van der Waals surface area contributed by atoms with Crippen LogP contribution in [-0.2, 0) is 9.53 Å². The molecule has 1 fully saturated rings. The summed E-state index contributed by atoms with van der Waals surface area (Å²) < 4.78 is 12.2. The molecule has 7 nitrogen and oxygen atoms in total. The number of halogens is 1. The van der Waals surface area contributed by atoms with Gasteiger partial charge in [-0.25, -0.2) is 4.79 Å². The molecule has 1 saturated carbocycles. The highest BCUT2D eigenvalue weighted by molar-refractivity contribution is 9.10. The molecule has 2 amide bonds. The molecule has 0 spiro atoms. The van der Waals surface area contributed by atoms with Gasteiger partial charge in [0, 0.05) is 37.7 Å². The van der Waals surface area contributed by atoms with Crippen molar-refractivity contribution in [2.24, 2.45) is 0 Å². The first-order valence-electron chi connectivity index (χ1n) is 9.96. The van der Waals surface area contributed by atoms with E-state index in [2.05, 4.69) is 15.9 Å². The second-order valence-corrected chi connectivity index (χ2v) is 8.71. The predicted octanol–water partition coefficient (Wildman–Crippen LogP) is 3.23. The molecule has 0 aromatic heterocycles. The Bertz CT molecular complexity index is 660. The maximum Gasteiger partial charge on any atom is 0.415 e. The lowest BCUT2D eigenvalue weighted by Gasteiger charge is -2.34. The van der Waals surface area contributed by atoms with E-state index in [0.29, 0.717) is 12.3 Å². The minimum Gasteiger partial charge on any atom is -0.410 e. The lowest BCUT2D eigenvalue weighted by Crippen LogP contribution is -2.42. The Kier molecular flexibility index (Phi) is 9.39. The molecule has 1 aromatic carbocycles. The molecule has 8 heteroatoms. The van der Waals surface area contributed by atoms with Gasteiger partial charge in [-0.05, 0) is 64.0 Å². The molecule has 29 heavy (non-hydrogen) atoms. The van der Waals surface area contributed by atoms with Gasteiger partial charge in [-0.2, -0.15) is 0 Å². The third-order valence-electron chi connectivity index (χ3n) is 5.25. The average molecular weight is 470 g/mol. The van der Waals surface area contributed by atoms with Crippen LogP contribution in [0.5, 0.6) is 5.75 Å². The third-order valence-corrected chi connectivity index (χ3v) is 5.78. The van der Waals surface area contributed by atoms with Crippen LogP contribution in [-0.4, -0.2) is 86.7 Å². The van der Waals surface area contributed by atoms with Crippen molar-refractivity contribution in [3.8, 4) is 5.75 Å². The quantitative estimate of drug-likeness (QED) is 0.584. The maximum absolute atomic E-state index is 12.4. The molecule has 0 N–H and O–H groups in total. The first-order valence-corrected chi connectivity index (χ1v) is 10.8. The molecule has 0 radical (unpaired) electrons. The van der Waals surface area contributed by atoms with Crippen molar-refractivity contribution in [2.75, 3.05) is 47.9 Å². The molecule has 2 rings (SSSR count). The minimum atomic E-state index is -0.352. The van der Waals surface area contributed by atoms with Crippen LogP contribution in [0.25, 0.3) is 0 Å². The van der Waals surface area contributed by atoms with Gasteiger partial charge in [-0.1, -0.05) is 15.9 Å². The zero-order valence-corrected chi connectivity index (χ0v) is 19.4. The number of amides is 2. The van der Waals surface area contributed by atoms with Gasteiger partial charge in [-0.3, -0.25) is 4.79 Å². The smallest absolute Gasteiger partial charge is 0.410 e. The molecule has 1 aromatic rings. The Balaban J connectivity index is 1.70. The average Bonchev–Trinajstić information content (AvgIpc) is 2.71. The fourth-order valence-electron chi connectivity index (χ4n) is 3.20. The van der Waals surface area contributed by atoms with E-state index < -0.39 is 0 Å². The Hall–Kier alpha value is -1.64. The standard InChI is InChI=1S/C21H32BrN3O4/c1-23(2)13-14-24(3)20(26)15-28-18-11-7-17(8-12-18)25(4)21(27)29-19-9-5-16(22)6-10-19/h5-6,9-10,17-18H,7-8,11-15H2,1-4H3/t17-,18-. The Morgan fingerprint density at radius 1 is 1.00 bits per heavy atom. The van der Waals surface area contributed by atoms with Crippen LogP contribution in [0.15, 0.2) is 28.7 Å². The highest BCUT2D eigenvalue weighted by atomic mass is 79.9. The van der Waals surface area contributed by atoms with E-state index in [1.54, 1.807) is 36.0 Å². The van der Waals surface area contributed by atoms with Crippen LogP contribution in [0.1, 0.15) is 25.7 Å². The SMILES string of the molecule is CN(C)CCN(C)C(=O)CO[C@H]1CC[C@H](N(C)C(=O)Oc2ccc(Br)cc2)CC1. The van der Waals surface area contributed by atoms with Crippen molar-refractivity contribution < 1.29 is 19.1 Å². The summed E-state index contributed by atoms with van der Waals surface area (Å²) in [6, 6.07) is 7.31. The fourth-order valence-corrected chi connectivity index (χ4v) is 3.46. The molecular formula is C21H32BrN3O4. The summed E-state index contributed by atoms with van der Waals surface area (Å²) in [7, 11) is 7.55. The summed E-state index contributed by atoms with van der Waals surface area (Å²) >= 11 is 3.36. The zero-order chi connectivity index (χ0) is 21.4. The molecule has 0 atom stereocenters. The van der Waals surface area contributed by atoms with Crippen LogP contribution in [0, 0.1) is 0 Å². The van der Waals surface area contributed by atoms with Crippen molar-refractivity contribution in [3.05, 3.63) is 28.7 Å². The molecule has 162 valence electrons. The van der Waals surface area contributed by atoms with Crippen molar-refractivity contribution >= 4 is 27.9 Å². The van der Waals surface area contributed by atoms with E-state index in [0.717, 1.165) is 36.7 Å². The number of hydrogen-bond donors (Lipinski definition) is 0. The number of carbonyl (C=O) groups excluding carboxylic acids is 2. The van der Waals surface area contributed by atoms with Crippen LogP contribution >= 0.6 is 15.9 Å². The number of rotatable bonds is 8. The number of ether oxygens (including phenoxy) is 2. The van der Waals surface area contributed by atoms with E-state index in [-0.39, 0.29) is 30.8 Å². The highest BCUT2D eigenvalue weighted by Crippen LogP contribution is 2.25. The van der Waals surface area contributed by atoms with Gasteiger partial charge >= 0.3 is 6.09 Å². The first kappa shape index (κ1) is 23.6. The number of carbonyl (C=O) groups is 2. The van der Waals surface area contributed by atoms with Crippen molar-refractivity contribution in [1.29, 1.82) is 0 Å². The predicted molar refractivity (Wildman–Crippen MR) is 116 cm³/mol. The largest absolute Gasteiger partial charge is 0.415 e. The fraction of sp³-hybridized carbons (Fsp3) is 0.619. The lowest BCUT2D eigenvalue weighted by atomic mass is 9.92. The number of nitrogens with zero attached hydrogens (tertiary/aromatic N) is 3. The van der Waals surface area contributed by atoms with Gasteiger partial charge in [0.05, 0.1) is 6.10 Å². The van der Waals surface area contributed by atoms with E-state index in [9.17, 15) is 9.59 Å². The Morgan fingerprint density at radius 2 is 1.62 bits per heavy atom. The summed E-state index contributed by atoms with van der Waals surface area (Å²) in [5, 5.41) is 0. The Labute approximate surface area is 182 Å². The summed E-state index contributed by atoms with van der Waals surface area (Å²) in [5.74, 6) is 0.531. The summed E-state index contributed by atoms with van der Waals surface area (Å²) in [4.78, 5) is 30.0. The monoisotopic (exact) mass is 469 g/mol. The lowest BCUT2D eigenvalue weighted by molar-refractivity contribution is -0.137. The second-order valence-electron chi connectivity index (χ2n) is 7.79. The van der Waals surface area contributed by atoms with Gasteiger partial charge in [0.25, 0.3) is 0 Å². The number of likely N-dealkylation sites (N-methyl/N-ethyl adjacent to an activating group) is 2. The summed E-state index contributed by atoms with van der Waals surface area (Å²) in [6.07, 6.45) is 3.04. The van der Waals surface area contributed by atoms with E-state index in [1.165, 1.54) is 0 Å². The number of hydrogen-bond acceptors (Lipinski definition) is 5. The van der Waals surface area contributed by atoms with Gasteiger partial charge < -0.3 is 24.2 Å². The second kappa shape index (κ2) is 11.5. The molecule has 0 bridgehead atoms. The van der Waals surface area contributed by atoms with Gasteiger partial charge in [0.15, 0.2) is 0 Å². The molecule has 0 heterocycles. The Morgan fingerprint density at radius 3 is 2.21 bits per heavy atom. The summed E-state index contributed by atoms with van der Waals surface area (Å²) in [5.41, 5.74) is 0. The molecule has 0 aliphatic heterocycles. The maximum atomic E-state index is 12.4. The van der Waals surface area contributed by atoms with Crippen LogP contribution in [0.3, 0.4) is 0 Å². The van der Waals surface area contributed by atoms with Crippen LogP contribution < -0.4 is 4.74 Å². The van der Waals surface area contributed by atoms with Crippen molar-refractivity contribution in [3.63, 3.8) is 0 Å². The molecular weight excluding hydrogens is 438 g/mol. The third kappa shape index (κ3) is 7.95. The first-order chi connectivity index (χ1) is 13.8. The van der Waals surface area contributed by atoms with E-state index in [4.69, 9.17) is 9.47 Å². The molecule has 1 aliphatic rings. The summed E-state index contributed by atoms with van der Waals surface area (Å²) in [6.45, 7) is 1.63. The molecule has 0 saturated heterocycles. The van der Waals surface area contributed by atoms with Gasteiger partial charge in [0.1, 0.15) is 12.4 Å². The van der Waals surface area contributed by atoms with E-state index in [1.807, 2.05) is 31.1 Å². The molecule has 1 aliphatic carbocycles. The van der Waals surface area contributed by atoms with Crippen molar-refractivity contribution in [2.45, 2.75) is 37.8 Å². The zero-order valence-electron chi connectivity index (χ0n) is 17.8. The number of benzene rings is 1. The molecule has 0 unspecified atom stereocenters. The topological polar surface area (TPSA) is 62.3 Å². The minimum absolute atomic E-state index is 0.00386. The normalized spacial score (nSPS) is 19.1. The van der Waals surface area contributed by atoms with Gasteiger partial charge in [-0.15, -0.1) is 0 Å². The highest BCUT2D eigenvalue weighted by Gasteiger charge is 2.28. The van der Waals surface area contributed by atoms with Gasteiger partial charge in [0.2, 0.25) is 5.91 Å². The van der Waals surface area contributed by atoms with E-state index >= 15 is 0 Å². The van der Waals surface area contributed by atoms with Crippen LogP contribution in [0.4, 0.5) is 4.79 Å². The van der Waals surface area contributed by atoms with Crippen molar-refractivity contribution in [1.82, 2.24) is 14.7 Å². The van der Waals surface area contributed by atoms with Crippen LogP contribution in [0.2, 0.25) is 0 Å².